The second kappa shape index (κ2) is 8.75. The summed E-state index contributed by atoms with van der Waals surface area (Å²) in [6, 6.07) is 7.02. The number of hydrogen-bond donors (Lipinski definition) is 1. The number of carbonyl (C=O) groups is 1. The lowest BCUT2D eigenvalue weighted by atomic mass is 10.1. The minimum atomic E-state index is -0.199. The van der Waals surface area contributed by atoms with E-state index in [2.05, 4.69) is 19.2 Å². The zero-order valence-corrected chi connectivity index (χ0v) is 14.2. The van der Waals surface area contributed by atoms with Crippen molar-refractivity contribution in [1.29, 1.82) is 0 Å². The van der Waals surface area contributed by atoms with E-state index in [9.17, 15) is 9.18 Å². The summed E-state index contributed by atoms with van der Waals surface area (Å²) < 4.78 is 13.8. The van der Waals surface area contributed by atoms with Crippen LogP contribution in [0.25, 0.3) is 0 Å². The van der Waals surface area contributed by atoms with Crippen LogP contribution in [0, 0.1) is 5.82 Å². The summed E-state index contributed by atoms with van der Waals surface area (Å²) in [7, 11) is 0. The number of benzene rings is 1. The minimum Gasteiger partial charge on any atom is -0.366 e. The lowest BCUT2D eigenvalue weighted by Gasteiger charge is -2.36. The van der Waals surface area contributed by atoms with Crippen molar-refractivity contribution in [2.45, 2.75) is 45.6 Å². The molecular weight excluding hydrogens is 293 g/mol. The van der Waals surface area contributed by atoms with E-state index in [1.54, 1.807) is 12.1 Å². The third-order valence-corrected chi connectivity index (χ3v) is 4.37. The Kier molecular flexibility index (Phi) is 6.68. The number of unbranched alkanes of at least 4 members (excludes halogenated alkanes) is 2. The molecule has 1 aliphatic heterocycles. The maximum atomic E-state index is 13.8. The summed E-state index contributed by atoms with van der Waals surface area (Å²) in [4.78, 5) is 16.1. The quantitative estimate of drug-likeness (QED) is 0.812. The van der Waals surface area contributed by atoms with E-state index < -0.39 is 0 Å². The van der Waals surface area contributed by atoms with Gasteiger partial charge in [0.15, 0.2) is 0 Å². The van der Waals surface area contributed by atoms with Crippen molar-refractivity contribution >= 4 is 11.7 Å². The van der Waals surface area contributed by atoms with E-state index in [0.29, 0.717) is 31.9 Å². The molecule has 1 fully saturated rings. The molecule has 1 saturated heterocycles. The number of nitrogens with zero attached hydrogens (tertiary/aromatic N) is 2. The molecule has 1 N–H and O–H groups in total. The number of anilines is 1. The fourth-order valence-electron chi connectivity index (χ4n) is 2.93. The van der Waals surface area contributed by atoms with Gasteiger partial charge >= 0.3 is 6.03 Å². The topological polar surface area (TPSA) is 35.6 Å². The maximum absolute atomic E-state index is 13.8. The molecule has 0 aliphatic carbocycles. The molecule has 0 spiro atoms. The van der Waals surface area contributed by atoms with Crippen LogP contribution in [0.3, 0.4) is 0 Å². The number of nitrogens with one attached hydrogen (secondary N) is 1. The Bertz CT molecular complexity index is 501. The Hall–Kier alpha value is -1.78. The van der Waals surface area contributed by atoms with Gasteiger partial charge in [0.25, 0.3) is 0 Å². The fourth-order valence-corrected chi connectivity index (χ4v) is 2.93. The highest BCUT2D eigenvalue weighted by Gasteiger charge is 2.23. The molecule has 0 aromatic heterocycles. The van der Waals surface area contributed by atoms with Crippen molar-refractivity contribution < 1.29 is 9.18 Å². The molecule has 0 radical (unpaired) electrons. The van der Waals surface area contributed by atoms with Gasteiger partial charge in [0.05, 0.1) is 5.69 Å². The number of rotatable bonds is 6. The molecule has 23 heavy (non-hydrogen) atoms. The zero-order valence-electron chi connectivity index (χ0n) is 14.2. The van der Waals surface area contributed by atoms with Gasteiger partial charge in [-0.1, -0.05) is 38.3 Å². The van der Waals surface area contributed by atoms with Crippen LogP contribution in [-0.2, 0) is 0 Å². The van der Waals surface area contributed by atoms with Crippen LogP contribution in [0.15, 0.2) is 24.3 Å². The Morgan fingerprint density at radius 2 is 1.91 bits per heavy atom. The van der Waals surface area contributed by atoms with E-state index >= 15 is 0 Å². The SMILES string of the molecule is CCCCCC(C)NC(=O)N1CCN(c2ccccc2F)CC1. The van der Waals surface area contributed by atoms with Gasteiger partial charge in [-0.05, 0) is 25.5 Å². The van der Waals surface area contributed by atoms with Crippen LogP contribution in [0.4, 0.5) is 14.9 Å². The molecule has 0 bridgehead atoms. The average Bonchev–Trinajstić information content (AvgIpc) is 2.56. The van der Waals surface area contributed by atoms with Crippen molar-refractivity contribution in [3.05, 3.63) is 30.1 Å². The second-order valence-electron chi connectivity index (χ2n) is 6.27. The van der Waals surface area contributed by atoms with Crippen molar-refractivity contribution in [2.75, 3.05) is 31.1 Å². The van der Waals surface area contributed by atoms with Gasteiger partial charge in [-0.3, -0.25) is 0 Å². The molecule has 1 aromatic carbocycles. The van der Waals surface area contributed by atoms with Gasteiger partial charge in [-0.25, -0.2) is 9.18 Å². The fraction of sp³-hybridized carbons (Fsp3) is 0.611. The molecule has 4 nitrogen and oxygen atoms in total. The van der Waals surface area contributed by atoms with E-state index in [0.717, 1.165) is 12.8 Å². The van der Waals surface area contributed by atoms with Crippen molar-refractivity contribution in [3.8, 4) is 0 Å². The Morgan fingerprint density at radius 1 is 1.22 bits per heavy atom. The Morgan fingerprint density at radius 3 is 2.57 bits per heavy atom. The summed E-state index contributed by atoms with van der Waals surface area (Å²) >= 11 is 0. The molecule has 1 heterocycles. The third-order valence-electron chi connectivity index (χ3n) is 4.37. The highest BCUT2D eigenvalue weighted by Crippen LogP contribution is 2.20. The monoisotopic (exact) mass is 321 g/mol. The average molecular weight is 321 g/mol. The largest absolute Gasteiger partial charge is 0.366 e. The Balaban J connectivity index is 1.77. The van der Waals surface area contributed by atoms with E-state index in [4.69, 9.17) is 0 Å². The van der Waals surface area contributed by atoms with Gasteiger partial charge < -0.3 is 15.1 Å². The number of para-hydroxylation sites is 1. The third kappa shape index (κ3) is 5.12. The number of carbonyl (C=O) groups excluding carboxylic acids is 1. The normalized spacial score (nSPS) is 16.3. The minimum absolute atomic E-state index is 0.00202. The van der Waals surface area contributed by atoms with Gasteiger partial charge in [0.1, 0.15) is 5.82 Å². The van der Waals surface area contributed by atoms with Crippen molar-refractivity contribution in [2.24, 2.45) is 0 Å². The van der Waals surface area contributed by atoms with Crippen LogP contribution < -0.4 is 10.2 Å². The predicted molar refractivity (Wildman–Crippen MR) is 92.3 cm³/mol. The first-order valence-corrected chi connectivity index (χ1v) is 8.66. The standard InChI is InChI=1S/C18H28FN3O/c1-3-4-5-8-15(2)20-18(23)22-13-11-21(12-14-22)17-10-7-6-9-16(17)19/h6-7,9-10,15H,3-5,8,11-14H2,1-2H3,(H,20,23). The second-order valence-corrected chi connectivity index (χ2v) is 6.27. The van der Waals surface area contributed by atoms with E-state index in [-0.39, 0.29) is 17.9 Å². The van der Waals surface area contributed by atoms with Gasteiger partial charge in [-0.15, -0.1) is 0 Å². The first kappa shape index (κ1) is 17.6. The number of urea groups is 1. The molecular formula is C18H28FN3O. The van der Waals surface area contributed by atoms with Gasteiger partial charge in [-0.2, -0.15) is 0 Å². The molecule has 1 atom stereocenters. The highest BCUT2D eigenvalue weighted by molar-refractivity contribution is 5.74. The number of hydrogen-bond acceptors (Lipinski definition) is 2. The number of amides is 2. The van der Waals surface area contributed by atoms with Crippen LogP contribution in [-0.4, -0.2) is 43.2 Å². The molecule has 0 saturated carbocycles. The first-order valence-electron chi connectivity index (χ1n) is 8.66. The van der Waals surface area contributed by atoms with E-state index in [1.165, 1.54) is 18.9 Å². The highest BCUT2D eigenvalue weighted by atomic mass is 19.1. The van der Waals surface area contributed by atoms with Crippen LogP contribution in [0.5, 0.6) is 0 Å². The van der Waals surface area contributed by atoms with Crippen LogP contribution >= 0.6 is 0 Å². The molecule has 1 aliphatic rings. The molecule has 5 heteroatoms. The van der Waals surface area contributed by atoms with E-state index in [1.807, 2.05) is 15.9 Å². The summed E-state index contributed by atoms with van der Waals surface area (Å²) in [6.07, 6.45) is 4.58. The predicted octanol–water partition coefficient (Wildman–Crippen LogP) is 3.63. The molecule has 2 rings (SSSR count). The summed E-state index contributed by atoms with van der Waals surface area (Å²) in [5.41, 5.74) is 0.625. The molecule has 2 amide bonds. The smallest absolute Gasteiger partial charge is 0.317 e. The lowest BCUT2D eigenvalue weighted by molar-refractivity contribution is 0.190. The first-order chi connectivity index (χ1) is 11.1. The molecule has 1 unspecified atom stereocenters. The van der Waals surface area contributed by atoms with Crippen LogP contribution in [0.2, 0.25) is 0 Å². The Labute approximate surface area is 138 Å². The van der Waals surface area contributed by atoms with Gasteiger partial charge in [0.2, 0.25) is 0 Å². The maximum Gasteiger partial charge on any atom is 0.317 e. The summed E-state index contributed by atoms with van der Waals surface area (Å²) in [5, 5.41) is 3.07. The number of halogens is 1. The summed E-state index contributed by atoms with van der Waals surface area (Å²) in [5.74, 6) is -0.199. The molecule has 128 valence electrons. The zero-order chi connectivity index (χ0) is 16.7. The summed E-state index contributed by atoms with van der Waals surface area (Å²) in [6.45, 7) is 6.82. The lowest BCUT2D eigenvalue weighted by Crippen LogP contribution is -2.53. The molecule has 1 aromatic rings. The van der Waals surface area contributed by atoms with Crippen molar-refractivity contribution in [1.82, 2.24) is 10.2 Å². The number of piperazine rings is 1. The van der Waals surface area contributed by atoms with Crippen molar-refractivity contribution in [3.63, 3.8) is 0 Å². The van der Waals surface area contributed by atoms with Gasteiger partial charge in [0, 0.05) is 32.2 Å². The van der Waals surface area contributed by atoms with Crippen LogP contribution in [0.1, 0.15) is 39.5 Å².